The highest BCUT2D eigenvalue weighted by Crippen LogP contribution is 2.38. The van der Waals surface area contributed by atoms with E-state index in [4.69, 9.17) is 4.74 Å². The smallest absolute Gasteiger partial charge is 0.198 e. The fourth-order valence-corrected chi connectivity index (χ4v) is 3.10. The Labute approximate surface area is 149 Å². The Bertz CT molecular complexity index is 1040. The van der Waals surface area contributed by atoms with Gasteiger partial charge in [-0.15, -0.1) is 0 Å². The summed E-state index contributed by atoms with van der Waals surface area (Å²) in [6, 6.07) is 16.9. The minimum Gasteiger partial charge on any atom is -0.505 e. The van der Waals surface area contributed by atoms with Gasteiger partial charge in [0.15, 0.2) is 17.3 Å². The molecule has 0 unspecified atom stereocenters. The summed E-state index contributed by atoms with van der Waals surface area (Å²) in [4.78, 5) is 25.5. The normalized spacial score (nSPS) is 12.3. The van der Waals surface area contributed by atoms with Crippen LogP contribution in [-0.4, -0.2) is 23.8 Å². The van der Waals surface area contributed by atoms with E-state index >= 15 is 0 Å². The lowest BCUT2D eigenvalue weighted by atomic mass is 9.83. The van der Waals surface area contributed by atoms with Gasteiger partial charge in [0, 0.05) is 22.4 Å². The first-order chi connectivity index (χ1) is 12.6. The number of phenolic OH excluding ortho intramolecular Hbond substituents is 1. The first kappa shape index (κ1) is 15.9. The van der Waals surface area contributed by atoms with Crippen LogP contribution in [0.3, 0.4) is 0 Å². The highest BCUT2D eigenvalue weighted by atomic mass is 16.5. The Hall–Kier alpha value is -3.60. The van der Waals surface area contributed by atoms with Gasteiger partial charge in [-0.2, -0.15) is 0 Å². The van der Waals surface area contributed by atoms with Crippen molar-refractivity contribution in [2.75, 3.05) is 12.4 Å². The van der Waals surface area contributed by atoms with Crippen molar-refractivity contribution in [2.45, 2.75) is 0 Å². The first-order valence-corrected chi connectivity index (χ1v) is 8.05. The zero-order chi connectivity index (χ0) is 18.3. The number of ether oxygens (including phenoxy) is 1. The van der Waals surface area contributed by atoms with Crippen LogP contribution in [0, 0.1) is 0 Å². The Kier molecular flexibility index (Phi) is 3.69. The molecule has 0 bridgehead atoms. The van der Waals surface area contributed by atoms with Gasteiger partial charge in [-0.05, 0) is 36.4 Å². The summed E-state index contributed by atoms with van der Waals surface area (Å²) >= 11 is 0. The van der Waals surface area contributed by atoms with Gasteiger partial charge in [0.1, 0.15) is 5.75 Å². The van der Waals surface area contributed by atoms with E-state index in [-0.39, 0.29) is 28.4 Å². The third-order valence-electron chi connectivity index (χ3n) is 4.43. The summed E-state index contributed by atoms with van der Waals surface area (Å²) in [7, 11) is 1.58. The summed E-state index contributed by atoms with van der Waals surface area (Å²) in [5.74, 6) is -0.138. The van der Waals surface area contributed by atoms with Gasteiger partial charge in [0.2, 0.25) is 0 Å². The second kappa shape index (κ2) is 6.04. The molecule has 0 saturated heterocycles. The Balaban J connectivity index is 1.76. The number of benzene rings is 3. The van der Waals surface area contributed by atoms with Crippen LogP contribution in [0.15, 0.2) is 60.7 Å². The van der Waals surface area contributed by atoms with Crippen LogP contribution in [0.5, 0.6) is 11.5 Å². The molecule has 0 saturated carbocycles. The maximum absolute atomic E-state index is 12.8. The van der Waals surface area contributed by atoms with Crippen LogP contribution in [0.4, 0.5) is 11.4 Å². The molecule has 3 aromatic rings. The quantitative estimate of drug-likeness (QED) is 0.551. The summed E-state index contributed by atoms with van der Waals surface area (Å²) in [6.07, 6.45) is 0. The lowest BCUT2D eigenvalue weighted by Crippen LogP contribution is -2.21. The molecule has 0 atom stereocenters. The third-order valence-corrected chi connectivity index (χ3v) is 4.43. The van der Waals surface area contributed by atoms with Gasteiger partial charge in [-0.1, -0.05) is 24.3 Å². The van der Waals surface area contributed by atoms with Crippen molar-refractivity contribution in [2.24, 2.45) is 0 Å². The largest absolute Gasteiger partial charge is 0.505 e. The maximum atomic E-state index is 12.8. The van der Waals surface area contributed by atoms with Crippen LogP contribution < -0.4 is 10.1 Å². The number of methoxy groups -OCH3 is 1. The maximum Gasteiger partial charge on any atom is 0.198 e. The predicted molar refractivity (Wildman–Crippen MR) is 97.7 cm³/mol. The zero-order valence-corrected chi connectivity index (χ0v) is 13.9. The minimum absolute atomic E-state index is 0.0345. The molecule has 0 aromatic heterocycles. The van der Waals surface area contributed by atoms with E-state index in [1.807, 2.05) is 0 Å². The van der Waals surface area contributed by atoms with E-state index in [0.717, 1.165) is 5.69 Å². The molecule has 1 aliphatic carbocycles. The molecule has 0 fully saturated rings. The van der Waals surface area contributed by atoms with Crippen molar-refractivity contribution in [3.63, 3.8) is 0 Å². The van der Waals surface area contributed by atoms with Crippen LogP contribution >= 0.6 is 0 Å². The van der Waals surface area contributed by atoms with E-state index in [1.54, 1.807) is 67.8 Å². The van der Waals surface area contributed by atoms with E-state index in [0.29, 0.717) is 22.6 Å². The van der Waals surface area contributed by atoms with Crippen molar-refractivity contribution in [1.29, 1.82) is 0 Å². The molecule has 5 heteroatoms. The fraction of sp³-hybridized carbons (Fsp3) is 0.0476. The van der Waals surface area contributed by atoms with Crippen molar-refractivity contribution in [3.05, 3.63) is 82.9 Å². The molecule has 0 heterocycles. The fourth-order valence-electron chi connectivity index (χ4n) is 3.10. The van der Waals surface area contributed by atoms with E-state index < -0.39 is 0 Å². The lowest BCUT2D eigenvalue weighted by Gasteiger charge is -2.20. The number of hydrogen-bond donors (Lipinski definition) is 2. The van der Waals surface area contributed by atoms with Crippen molar-refractivity contribution in [3.8, 4) is 11.5 Å². The molecule has 5 nitrogen and oxygen atoms in total. The number of hydrogen-bond acceptors (Lipinski definition) is 5. The number of rotatable bonds is 3. The average Bonchev–Trinajstić information content (AvgIpc) is 2.68. The monoisotopic (exact) mass is 345 g/mol. The van der Waals surface area contributed by atoms with Gasteiger partial charge in [-0.3, -0.25) is 9.59 Å². The first-order valence-electron chi connectivity index (χ1n) is 8.05. The average molecular weight is 345 g/mol. The molecule has 2 N–H and O–H groups in total. The van der Waals surface area contributed by atoms with Gasteiger partial charge in [0.25, 0.3) is 0 Å². The van der Waals surface area contributed by atoms with E-state index in [9.17, 15) is 14.7 Å². The van der Waals surface area contributed by atoms with Crippen molar-refractivity contribution >= 4 is 22.9 Å². The highest BCUT2D eigenvalue weighted by molar-refractivity contribution is 6.29. The molecular weight excluding hydrogens is 330 g/mol. The van der Waals surface area contributed by atoms with Crippen molar-refractivity contribution in [1.82, 2.24) is 0 Å². The Morgan fingerprint density at radius 1 is 0.808 bits per heavy atom. The number of carbonyl (C=O) groups excluding carboxylic acids is 2. The van der Waals surface area contributed by atoms with Crippen LogP contribution in [0.2, 0.25) is 0 Å². The molecular formula is C21H15NO4. The number of ketones is 2. The number of phenols is 1. The molecule has 4 rings (SSSR count). The zero-order valence-electron chi connectivity index (χ0n) is 13.9. The van der Waals surface area contributed by atoms with E-state index in [2.05, 4.69) is 5.32 Å². The number of anilines is 2. The van der Waals surface area contributed by atoms with Gasteiger partial charge < -0.3 is 15.2 Å². The summed E-state index contributed by atoms with van der Waals surface area (Å²) in [5.41, 5.74) is 1.99. The number of carbonyl (C=O) groups is 2. The van der Waals surface area contributed by atoms with E-state index in [1.165, 1.54) is 0 Å². The Morgan fingerprint density at radius 2 is 1.46 bits per heavy atom. The molecule has 3 aromatic carbocycles. The van der Waals surface area contributed by atoms with Gasteiger partial charge >= 0.3 is 0 Å². The van der Waals surface area contributed by atoms with Gasteiger partial charge in [0.05, 0.1) is 18.4 Å². The number of nitrogens with one attached hydrogen (secondary N) is 1. The van der Waals surface area contributed by atoms with Crippen molar-refractivity contribution < 1.29 is 19.4 Å². The molecule has 26 heavy (non-hydrogen) atoms. The van der Waals surface area contributed by atoms with Crippen LogP contribution in [0.25, 0.3) is 0 Å². The number of aromatic hydroxyl groups is 1. The lowest BCUT2D eigenvalue weighted by molar-refractivity contribution is 0.0977. The SMILES string of the molecule is COc1ccc(Nc2ccc3c(c2O)C(=O)c2ccccc2C3=O)cc1. The minimum atomic E-state index is -0.355. The van der Waals surface area contributed by atoms with Crippen LogP contribution in [-0.2, 0) is 0 Å². The highest BCUT2D eigenvalue weighted by Gasteiger charge is 2.32. The third kappa shape index (κ3) is 2.41. The molecule has 1 aliphatic rings. The molecule has 0 aliphatic heterocycles. The summed E-state index contributed by atoms with van der Waals surface area (Å²) in [6.45, 7) is 0. The number of fused-ring (bicyclic) bond motifs is 2. The summed E-state index contributed by atoms with van der Waals surface area (Å²) in [5, 5.41) is 13.7. The second-order valence-corrected chi connectivity index (χ2v) is 5.94. The molecule has 128 valence electrons. The van der Waals surface area contributed by atoms with Crippen LogP contribution in [0.1, 0.15) is 31.8 Å². The van der Waals surface area contributed by atoms with Gasteiger partial charge in [-0.25, -0.2) is 0 Å². The second-order valence-electron chi connectivity index (χ2n) is 5.94. The standard InChI is InChI=1S/C21H15NO4/c1-26-13-8-6-12(7-9-13)22-17-11-10-16-18(21(17)25)20(24)15-5-3-2-4-14(15)19(16)23/h2-11,22,25H,1H3. The molecule has 0 spiro atoms. The Morgan fingerprint density at radius 3 is 2.12 bits per heavy atom. The topological polar surface area (TPSA) is 75.6 Å². The summed E-state index contributed by atoms with van der Waals surface area (Å²) < 4.78 is 5.12. The predicted octanol–water partition coefficient (Wildman–Crippen LogP) is 3.92. The molecule has 0 amide bonds. The molecule has 0 radical (unpaired) electrons.